The van der Waals surface area contributed by atoms with E-state index in [4.69, 9.17) is 9.97 Å². The van der Waals surface area contributed by atoms with E-state index in [1.165, 1.54) is 96.8 Å². The fourth-order valence-electron chi connectivity index (χ4n) is 15.9. The first-order valence-corrected chi connectivity index (χ1v) is 33.8. The van der Waals surface area contributed by atoms with Crippen molar-refractivity contribution in [3.8, 4) is 106 Å². The SMILES string of the molecule is c1ccc(-c2cc(-c3ccccc3)cc(-c3nc(-c4ccc5sc6ccccc6c5c4)nc4c3sc3ccc(-c5cccc(-c6cccc7c6c6cc(-c8ccccc8)ccc6n7-c6ccc7c(c6)C6(c8ccccc8-c8ccccc86)c6ccccc6-7)c5)cc34)c2)cc1. The van der Waals surface area contributed by atoms with Gasteiger partial charge in [0.15, 0.2) is 5.82 Å². The number of hydrogen-bond acceptors (Lipinski definition) is 4. The van der Waals surface area contributed by atoms with Gasteiger partial charge in [0.1, 0.15) is 0 Å². The second kappa shape index (κ2) is 20.7. The first-order valence-electron chi connectivity index (χ1n) is 32.2. The molecule has 20 rings (SSSR count). The number of benzene rings is 14. The van der Waals surface area contributed by atoms with Crippen molar-refractivity contribution in [2.45, 2.75) is 5.41 Å². The molecule has 2 aliphatic rings. The first kappa shape index (κ1) is 53.1. The third kappa shape index (κ3) is 7.96. The van der Waals surface area contributed by atoms with Gasteiger partial charge in [0.2, 0.25) is 0 Å². The number of nitrogens with zero attached hydrogens (tertiary/aromatic N) is 3. The maximum absolute atomic E-state index is 5.65. The molecular formula is C89H53N3S2. The molecule has 0 N–H and O–H groups in total. The van der Waals surface area contributed by atoms with Crippen molar-refractivity contribution in [2.24, 2.45) is 0 Å². The smallest absolute Gasteiger partial charge is 0.160 e. The van der Waals surface area contributed by atoms with E-state index < -0.39 is 5.41 Å². The Labute approximate surface area is 551 Å². The lowest BCUT2D eigenvalue weighted by molar-refractivity contribution is 0.792. The van der Waals surface area contributed by atoms with Gasteiger partial charge in [-0.1, -0.05) is 231 Å². The monoisotopic (exact) mass is 1230 g/mol. The Morgan fingerprint density at radius 1 is 0.266 bits per heavy atom. The van der Waals surface area contributed by atoms with Gasteiger partial charge in [-0.05, 0) is 191 Å². The highest BCUT2D eigenvalue weighted by atomic mass is 32.1. The van der Waals surface area contributed by atoms with Gasteiger partial charge < -0.3 is 4.57 Å². The topological polar surface area (TPSA) is 30.7 Å². The summed E-state index contributed by atoms with van der Waals surface area (Å²) in [7, 11) is 0. The van der Waals surface area contributed by atoms with E-state index in [-0.39, 0.29) is 0 Å². The Morgan fingerprint density at radius 3 is 1.46 bits per heavy atom. The third-order valence-corrected chi connectivity index (χ3v) is 22.3. The van der Waals surface area contributed by atoms with Crippen LogP contribution in [0.25, 0.3) is 169 Å². The van der Waals surface area contributed by atoms with E-state index in [2.05, 4.69) is 326 Å². The lowest BCUT2D eigenvalue weighted by Crippen LogP contribution is -2.26. The van der Waals surface area contributed by atoms with Crippen LogP contribution in [0.2, 0.25) is 0 Å². The minimum absolute atomic E-state index is 0.467. The average molecular weight is 1230 g/mol. The van der Waals surface area contributed by atoms with Gasteiger partial charge in [-0.3, -0.25) is 0 Å². The Balaban J connectivity index is 0.768. The predicted octanol–water partition coefficient (Wildman–Crippen LogP) is 24.3. The maximum atomic E-state index is 5.65. The average Bonchev–Trinajstić information content (AvgIpc) is 1.51. The number of fused-ring (bicyclic) bond motifs is 19. The van der Waals surface area contributed by atoms with E-state index >= 15 is 0 Å². The summed E-state index contributed by atoms with van der Waals surface area (Å²) in [5, 5.41) is 6.02. The van der Waals surface area contributed by atoms with Crippen LogP contribution in [-0.4, -0.2) is 14.5 Å². The molecule has 14 aromatic carbocycles. The summed E-state index contributed by atoms with van der Waals surface area (Å²) < 4.78 is 7.28. The van der Waals surface area contributed by atoms with Gasteiger partial charge in [0, 0.05) is 57.8 Å². The highest BCUT2D eigenvalue weighted by molar-refractivity contribution is 7.26. The van der Waals surface area contributed by atoms with Gasteiger partial charge in [-0.25, -0.2) is 9.97 Å². The molecule has 3 nitrogen and oxygen atoms in total. The maximum Gasteiger partial charge on any atom is 0.160 e. The van der Waals surface area contributed by atoms with Crippen LogP contribution in [0.3, 0.4) is 0 Å². The van der Waals surface area contributed by atoms with Crippen molar-refractivity contribution in [1.29, 1.82) is 0 Å². The minimum atomic E-state index is -0.467. The van der Waals surface area contributed by atoms with Crippen LogP contribution in [0.5, 0.6) is 0 Å². The fraction of sp³-hybridized carbons (Fsp3) is 0.0112. The summed E-state index contributed by atoms with van der Waals surface area (Å²) in [6.07, 6.45) is 0. The third-order valence-electron chi connectivity index (χ3n) is 20.0. The molecule has 0 aliphatic heterocycles. The van der Waals surface area contributed by atoms with Gasteiger partial charge >= 0.3 is 0 Å². The van der Waals surface area contributed by atoms with E-state index in [0.29, 0.717) is 5.82 Å². The number of rotatable bonds is 8. The second-order valence-corrected chi connectivity index (χ2v) is 27.2. The summed E-state index contributed by atoms with van der Waals surface area (Å²) in [5.74, 6) is 0.708. The molecule has 0 radical (unpaired) electrons. The highest BCUT2D eigenvalue weighted by Crippen LogP contribution is 2.63. The molecule has 0 saturated heterocycles. The van der Waals surface area contributed by atoms with Crippen molar-refractivity contribution in [2.75, 3.05) is 0 Å². The van der Waals surface area contributed by atoms with Crippen LogP contribution in [0.15, 0.2) is 322 Å². The van der Waals surface area contributed by atoms with Gasteiger partial charge in [-0.15, -0.1) is 22.7 Å². The van der Waals surface area contributed by atoms with Gasteiger partial charge in [-0.2, -0.15) is 0 Å². The van der Waals surface area contributed by atoms with Crippen molar-refractivity contribution < 1.29 is 0 Å². The van der Waals surface area contributed by atoms with E-state index in [1.54, 1.807) is 11.3 Å². The van der Waals surface area contributed by atoms with Crippen molar-refractivity contribution >= 4 is 85.0 Å². The summed E-state index contributed by atoms with van der Waals surface area (Å²) in [5.41, 5.74) is 29.0. The number of hydrogen-bond donors (Lipinski definition) is 0. The molecule has 4 heterocycles. The van der Waals surface area contributed by atoms with Crippen LogP contribution in [0.1, 0.15) is 22.3 Å². The zero-order chi connectivity index (χ0) is 61.6. The quantitative estimate of drug-likeness (QED) is 0.152. The largest absolute Gasteiger partial charge is 0.309 e. The normalized spacial score (nSPS) is 12.8. The van der Waals surface area contributed by atoms with Crippen LogP contribution < -0.4 is 0 Å². The zero-order valence-electron chi connectivity index (χ0n) is 50.8. The zero-order valence-corrected chi connectivity index (χ0v) is 52.4. The van der Waals surface area contributed by atoms with Crippen molar-refractivity contribution in [3.63, 3.8) is 0 Å². The first-order chi connectivity index (χ1) is 46.6. The highest BCUT2D eigenvalue weighted by Gasteiger charge is 2.51. The van der Waals surface area contributed by atoms with Gasteiger partial charge in [0.05, 0.1) is 32.4 Å². The lowest BCUT2D eigenvalue weighted by Gasteiger charge is -2.30. The van der Waals surface area contributed by atoms with Crippen molar-refractivity contribution in [1.82, 2.24) is 14.5 Å². The Morgan fingerprint density at radius 2 is 0.755 bits per heavy atom. The molecule has 1 spiro atoms. The fourth-order valence-corrected chi connectivity index (χ4v) is 18.1. The van der Waals surface area contributed by atoms with Crippen LogP contribution in [-0.2, 0) is 5.41 Å². The summed E-state index contributed by atoms with van der Waals surface area (Å²) in [6, 6.07) is 119. The Bertz CT molecular complexity index is 6050. The van der Waals surface area contributed by atoms with E-state index in [9.17, 15) is 0 Å². The predicted molar refractivity (Wildman–Crippen MR) is 396 cm³/mol. The summed E-state index contributed by atoms with van der Waals surface area (Å²) in [6.45, 7) is 0. The molecule has 0 atom stereocenters. The van der Waals surface area contributed by atoms with Crippen LogP contribution in [0.4, 0.5) is 0 Å². The van der Waals surface area contributed by atoms with Crippen LogP contribution >= 0.6 is 22.7 Å². The second-order valence-electron chi connectivity index (χ2n) is 25.1. The number of thiophene rings is 2. The molecule has 0 saturated carbocycles. The van der Waals surface area contributed by atoms with Crippen LogP contribution in [0, 0.1) is 0 Å². The molecule has 0 bridgehead atoms. The molecule has 0 fully saturated rings. The van der Waals surface area contributed by atoms with E-state index in [0.717, 1.165) is 88.1 Å². The molecule has 18 aromatic rings. The standard InChI is InChI=1S/C89H53N3S2/c1-4-20-54(21-5-1)58-38-43-79-73(50-58)84-66(32-19-36-80(84)92(79)65-41-42-70-69-30-12-16-35-77(69)89(78(70)53-65)75-33-14-10-28-67(75)68-29-11-15-34-76(68)89)60-27-18-26-57(46-60)59-39-44-83-74(51-59)86-87(94-83)85(90-88(91-86)61-40-45-82-72(52-61)71-31-13-17-37-81(71)93-82)64-48-62(55-22-6-2-7-23-55)47-63(49-64)56-24-8-3-9-25-56/h1-53H. The molecule has 0 amide bonds. The molecule has 436 valence electrons. The molecule has 0 unspecified atom stereocenters. The molecule has 2 aliphatic carbocycles. The van der Waals surface area contributed by atoms with Crippen molar-refractivity contribution in [3.05, 3.63) is 344 Å². The van der Waals surface area contributed by atoms with Gasteiger partial charge in [0.25, 0.3) is 0 Å². The summed E-state index contributed by atoms with van der Waals surface area (Å²) >= 11 is 3.61. The lowest BCUT2D eigenvalue weighted by atomic mass is 9.70. The van der Waals surface area contributed by atoms with E-state index in [1.807, 2.05) is 11.3 Å². The molecule has 5 heteroatoms. The Hall–Kier alpha value is -11.6. The number of aromatic nitrogens is 3. The molecule has 94 heavy (non-hydrogen) atoms. The molecule has 4 aromatic heterocycles. The minimum Gasteiger partial charge on any atom is -0.309 e. The molecular weight excluding hydrogens is 1180 g/mol. The summed E-state index contributed by atoms with van der Waals surface area (Å²) in [4.78, 5) is 11.3. The Kier molecular flexibility index (Phi) is 11.7.